The number of hydrogen-bond acceptors (Lipinski definition) is 4. The van der Waals surface area contributed by atoms with E-state index in [0.717, 1.165) is 12.0 Å². The smallest absolute Gasteiger partial charge is 0.243 e. The molecule has 1 saturated heterocycles. The Kier molecular flexibility index (Phi) is 6.82. The number of methoxy groups -OCH3 is 1. The maximum absolute atomic E-state index is 13.1. The average Bonchev–Trinajstić information content (AvgIpc) is 3.19. The Morgan fingerprint density at radius 1 is 1.14 bits per heavy atom. The van der Waals surface area contributed by atoms with Crippen LogP contribution in [0, 0.1) is 5.92 Å². The van der Waals surface area contributed by atoms with Gasteiger partial charge in [0, 0.05) is 30.6 Å². The minimum absolute atomic E-state index is 0.124. The lowest BCUT2D eigenvalue weighted by Gasteiger charge is -2.18. The number of nitrogens with zero attached hydrogens (tertiary/aromatic N) is 1. The zero-order valence-electron chi connectivity index (χ0n) is 16.5. The average molecular weight is 437 g/mol. The standard InChI is InChI=1S/C21H25ClN2O4S/c1-3-12-23-21(25)20-14-24(29(26,27)18-10-6-16(22)7-11-18)13-19(20)15-4-8-17(28-2)9-5-15/h4-11,19-20H,3,12-14H2,1-2H3,(H,23,25). The third kappa shape index (κ3) is 4.74. The van der Waals surface area contributed by atoms with Crippen molar-refractivity contribution in [2.45, 2.75) is 24.2 Å². The Morgan fingerprint density at radius 3 is 2.38 bits per heavy atom. The third-order valence-electron chi connectivity index (χ3n) is 5.17. The van der Waals surface area contributed by atoms with Crippen molar-refractivity contribution in [3.05, 3.63) is 59.1 Å². The molecule has 0 radical (unpaired) electrons. The lowest BCUT2D eigenvalue weighted by atomic mass is 9.88. The molecule has 29 heavy (non-hydrogen) atoms. The van der Waals surface area contributed by atoms with Crippen LogP contribution in [0.5, 0.6) is 5.75 Å². The number of halogens is 1. The molecule has 0 spiro atoms. The molecule has 2 atom stereocenters. The second kappa shape index (κ2) is 9.15. The van der Waals surface area contributed by atoms with E-state index in [-0.39, 0.29) is 29.8 Å². The summed E-state index contributed by atoms with van der Waals surface area (Å²) in [5.41, 5.74) is 0.913. The molecule has 3 rings (SSSR count). The topological polar surface area (TPSA) is 75.7 Å². The fourth-order valence-corrected chi connectivity index (χ4v) is 5.17. The zero-order chi connectivity index (χ0) is 21.0. The van der Waals surface area contributed by atoms with Gasteiger partial charge in [-0.2, -0.15) is 4.31 Å². The quantitative estimate of drug-likeness (QED) is 0.722. The summed E-state index contributed by atoms with van der Waals surface area (Å²) < 4.78 is 32.9. The molecule has 1 aliphatic heterocycles. The van der Waals surface area contributed by atoms with Crippen molar-refractivity contribution in [3.8, 4) is 5.75 Å². The summed E-state index contributed by atoms with van der Waals surface area (Å²) in [6.45, 7) is 2.92. The Hall–Kier alpha value is -2.09. The molecular weight excluding hydrogens is 412 g/mol. The molecule has 6 nitrogen and oxygen atoms in total. The van der Waals surface area contributed by atoms with Crippen LogP contribution in [-0.4, -0.2) is 45.4 Å². The van der Waals surface area contributed by atoms with Gasteiger partial charge in [-0.1, -0.05) is 30.7 Å². The first-order chi connectivity index (χ1) is 13.9. The van der Waals surface area contributed by atoms with Crippen LogP contribution < -0.4 is 10.1 Å². The van der Waals surface area contributed by atoms with Crippen LogP contribution in [0.1, 0.15) is 24.8 Å². The number of ether oxygens (including phenoxy) is 1. The summed E-state index contributed by atoms with van der Waals surface area (Å²) in [5.74, 6) is -0.109. The fraction of sp³-hybridized carbons (Fsp3) is 0.381. The molecule has 0 aromatic heterocycles. The van der Waals surface area contributed by atoms with Crippen LogP contribution in [-0.2, 0) is 14.8 Å². The van der Waals surface area contributed by atoms with Gasteiger partial charge in [0.05, 0.1) is 17.9 Å². The van der Waals surface area contributed by atoms with Gasteiger partial charge in [0.25, 0.3) is 0 Å². The van der Waals surface area contributed by atoms with Gasteiger partial charge < -0.3 is 10.1 Å². The predicted octanol–water partition coefficient (Wildman–Crippen LogP) is 3.28. The molecule has 2 aromatic carbocycles. The van der Waals surface area contributed by atoms with Crippen LogP contribution in [0.2, 0.25) is 5.02 Å². The van der Waals surface area contributed by atoms with E-state index >= 15 is 0 Å². The molecule has 1 amide bonds. The molecule has 8 heteroatoms. The van der Waals surface area contributed by atoms with Crippen LogP contribution in [0.25, 0.3) is 0 Å². The van der Waals surface area contributed by atoms with Gasteiger partial charge in [0.1, 0.15) is 5.75 Å². The summed E-state index contributed by atoms with van der Waals surface area (Å²) in [6, 6.07) is 13.5. The van der Waals surface area contributed by atoms with Gasteiger partial charge >= 0.3 is 0 Å². The molecule has 1 heterocycles. The number of sulfonamides is 1. The summed E-state index contributed by atoms with van der Waals surface area (Å²) >= 11 is 5.89. The minimum atomic E-state index is -3.73. The molecular formula is C21H25ClN2O4S. The second-order valence-electron chi connectivity index (χ2n) is 7.05. The number of amides is 1. The first-order valence-electron chi connectivity index (χ1n) is 9.54. The highest BCUT2D eigenvalue weighted by Gasteiger charge is 2.43. The molecule has 1 N–H and O–H groups in total. The largest absolute Gasteiger partial charge is 0.497 e. The number of carbonyl (C=O) groups excluding carboxylic acids is 1. The van der Waals surface area contributed by atoms with Crippen LogP contribution in [0.15, 0.2) is 53.4 Å². The normalized spacial score (nSPS) is 19.8. The lowest BCUT2D eigenvalue weighted by molar-refractivity contribution is -0.124. The minimum Gasteiger partial charge on any atom is -0.497 e. The van der Waals surface area contributed by atoms with Gasteiger partial charge in [-0.25, -0.2) is 8.42 Å². The van der Waals surface area contributed by atoms with Crippen molar-refractivity contribution < 1.29 is 17.9 Å². The highest BCUT2D eigenvalue weighted by molar-refractivity contribution is 7.89. The van der Waals surface area contributed by atoms with Gasteiger partial charge in [-0.15, -0.1) is 0 Å². The molecule has 2 unspecified atom stereocenters. The van der Waals surface area contributed by atoms with Crippen LogP contribution >= 0.6 is 11.6 Å². The van der Waals surface area contributed by atoms with E-state index in [0.29, 0.717) is 17.3 Å². The Morgan fingerprint density at radius 2 is 1.79 bits per heavy atom. The van der Waals surface area contributed by atoms with E-state index in [2.05, 4.69) is 5.32 Å². The van der Waals surface area contributed by atoms with E-state index in [1.54, 1.807) is 19.2 Å². The molecule has 1 aliphatic rings. The fourth-order valence-electron chi connectivity index (χ4n) is 3.55. The van der Waals surface area contributed by atoms with Crippen molar-refractivity contribution in [3.63, 3.8) is 0 Å². The van der Waals surface area contributed by atoms with Crippen molar-refractivity contribution in [1.29, 1.82) is 0 Å². The number of carbonyl (C=O) groups is 1. The highest BCUT2D eigenvalue weighted by Crippen LogP contribution is 2.36. The van der Waals surface area contributed by atoms with E-state index < -0.39 is 15.9 Å². The van der Waals surface area contributed by atoms with Crippen LogP contribution in [0.4, 0.5) is 0 Å². The number of rotatable bonds is 7. The van der Waals surface area contributed by atoms with Crippen molar-refractivity contribution >= 4 is 27.5 Å². The van der Waals surface area contributed by atoms with Crippen molar-refractivity contribution in [2.24, 2.45) is 5.92 Å². The monoisotopic (exact) mass is 436 g/mol. The van der Waals surface area contributed by atoms with Crippen molar-refractivity contribution in [1.82, 2.24) is 9.62 Å². The van der Waals surface area contributed by atoms with Gasteiger partial charge in [-0.3, -0.25) is 4.79 Å². The number of benzene rings is 2. The summed E-state index contributed by atoms with van der Waals surface area (Å²) in [4.78, 5) is 13.0. The Balaban J connectivity index is 1.90. The first kappa shape index (κ1) is 21.6. The number of hydrogen-bond donors (Lipinski definition) is 1. The Labute approximate surface area is 176 Å². The van der Waals surface area contributed by atoms with E-state index in [1.807, 2.05) is 31.2 Å². The maximum atomic E-state index is 13.1. The first-order valence-corrected chi connectivity index (χ1v) is 11.4. The summed E-state index contributed by atoms with van der Waals surface area (Å²) in [5, 5.41) is 3.38. The van der Waals surface area contributed by atoms with Crippen molar-refractivity contribution in [2.75, 3.05) is 26.7 Å². The van der Waals surface area contributed by atoms with Crippen LogP contribution in [0.3, 0.4) is 0 Å². The lowest BCUT2D eigenvalue weighted by Crippen LogP contribution is -2.36. The molecule has 2 aromatic rings. The Bertz CT molecular complexity index is 946. The van der Waals surface area contributed by atoms with Gasteiger partial charge in [-0.05, 0) is 48.4 Å². The predicted molar refractivity (Wildman–Crippen MR) is 113 cm³/mol. The van der Waals surface area contributed by atoms with E-state index in [1.165, 1.54) is 16.4 Å². The molecule has 1 fully saturated rings. The van der Waals surface area contributed by atoms with Gasteiger partial charge in [0.15, 0.2) is 0 Å². The molecule has 156 valence electrons. The number of nitrogens with one attached hydrogen (secondary N) is 1. The van der Waals surface area contributed by atoms with Gasteiger partial charge in [0.2, 0.25) is 15.9 Å². The van der Waals surface area contributed by atoms with E-state index in [9.17, 15) is 13.2 Å². The highest BCUT2D eigenvalue weighted by atomic mass is 35.5. The SMILES string of the molecule is CCCNC(=O)C1CN(S(=O)(=O)c2ccc(Cl)cc2)CC1c1ccc(OC)cc1. The zero-order valence-corrected chi connectivity index (χ0v) is 18.0. The summed E-state index contributed by atoms with van der Waals surface area (Å²) in [7, 11) is -2.14. The second-order valence-corrected chi connectivity index (χ2v) is 9.43. The summed E-state index contributed by atoms with van der Waals surface area (Å²) in [6.07, 6.45) is 0.818. The molecule has 0 bridgehead atoms. The third-order valence-corrected chi connectivity index (χ3v) is 7.27. The molecule has 0 saturated carbocycles. The van der Waals surface area contributed by atoms with E-state index in [4.69, 9.17) is 16.3 Å². The maximum Gasteiger partial charge on any atom is 0.243 e. The molecule has 0 aliphatic carbocycles.